The molecule has 0 amide bonds. The third-order valence-corrected chi connectivity index (χ3v) is 5.54. The van der Waals surface area contributed by atoms with Gasteiger partial charge in [0.05, 0.1) is 12.2 Å². The summed E-state index contributed by atoms with van der Waals surface area (Å²) in [7, 11) is -3.54. The van der Waals surface area contributed by atoms with Crippen LogP contribution in [0, 0.1) is 0 Å². The average Bonchev–Trinajstić information content (AvgIpc) is 2.81. The van der Waals surface area contributed by atoms with E-state index in [0.717, 1.165) is 5.52 Å². The number of aromatic nitrogens is 1. The van der Waals surface area contributed by atoms with Crippen LogP contribution in [-0.2, 0) is 14.8 Å². The number of anilines is 1. The molecule has 0 saturated carbocycles. The quantitative estimate of drug-likeness (QED) is 0.824. The van der Waals surface area contributed by atoms with Gasteiger partial charge in [-0.25, -0.2) is 8.42 Å². The third kappa shape index (κ3) is 2.52. The highest BCUT2D eigenvalue weighted by atomic mass is 32.2. The van der Waals surface area contributed by atoms with Crippen molar-refractivity contribution in [3.63, 3.8) is 0 Å². The van der Waals surface area contributed by atoms with Crippen LogP contribution >= 0.6 is 0 Å². The van der Waals surface area contributed by atoms with Crippen LogP contribution in [0.4, 0.5) is 5.69 Å². The molecule has 0 unspecified atom stereocenters. The van der Waals surface area contributed by atoms with Gasteiger partial charge in [-0.3, -0.25) is 0 Å². The van der Waals surface area contributed by atoms with E-state index in [0.29, 0.717) is 29.1 Å². The first kappa shape index (κ1) is 14.4. The van der Waals surface area contributed by atoms with Crippen molar-refractivity contribution in [2.75, 3.05) is 18.8 Å². The molecule has 1 fully saturated rings. The molecule has 21 heavy (non-hydrogen) atoms. The zero-order valence-corrected chi connectivity index (χ0v) is 12.9. The first-order valence-electron chi connectivity index (χ1n) is 6.90. The fourth-order valence-electron chi connectivity index (χ4n) is 2.80. The molecule has 3 N–H and O–H groups in total. The second kappa shape index (κ2) is 5.01. The molecule has 6 nitrogen and oxygen atoms in total. The summed E-state index contributed by atoms with van der Waals surface area (Å²) in [5.41, 5.74) is 7.05. The van der Waals surface area contributed by atoms with Gasteiger partial charge in [-0.15, -0.1) is 0 Å². The number of sulfonamides is 1. The summed E-state index contributed by atoms with van der Waals surface area (Å²) in [6, 6.07) is 5.18. The molecule has 3 rings (SSSR count). The maximum absolute atomic E-state index is 12.9. The Hall–Kier alpha value is -1.57. The Morgan fingerprint density at radius 1 is 1.29 bits per heavy atom. The number of fused-ring (bicyclic) bond motifs is 1. The molecular formula is C14H19N3O3S. The fraction of sp³-hybridized carbons (Fsp3) is 0.429. The number of ether oxygens (including phenoxy) is 1. The number of aromatic amines is 1. The predicted molar refractivity (Wildman–Crippen MR) is 81.5 cm³/mol. The van der Waals surface area contributed by atoms with E-state index in [9.17, 15) is 8.42 Å². The Kier molecular flexibility index (Phi) is 3.43. The Morgan fingerprint density at radius 2 is 1.95 bits per heavy atom. The molecule has 0 bridgehead atoms. The highest BCUT2D eigenvalue weighted by molar-refractivity contribution is 7.89. The average molecular weight is 309 g/mol. The molecule has 2 aromatic rings. The summed E-state index contributed by atoms with van der Waals surface area (Å²) in [6.45, 7) is 4.50. The van der Waals surface area contributed by atoms with Crippen LogP contribution in [0.1, 0.15) is 13.8 Å². The SMILES string of the molecule is C[C@@H]1CN(S(=O)(=O)c2c[nH]c3cc(N)ccc23)C[C@H](C)O1. The van der Waals surface area contributed by atoms with Crippen LogP contribution in [0.2, 0.25) is 0 Å². The van der Waals surface area contributed by atoms with Crippen LogP contribution in [0.15, 0.2) is 29.3 Å². The Bertz CT molecular complexity index is 759. The Balaban J connectivity index is 2.04. The summed E-state index contributed by atoms with van der Waals surface area (Å²) in [5.74, 6) is 0. The van der Waals surface area contributed by atoms with Gasteiger partial charge < -0.3 is 15.5 Å². The van der Waals surface area contributed by atoms with Gasteiger partial charge in [0.2, 0.25) is 10.0 Å². The van der Waals surface area contributed by atoms with E-state index in [1.807, 2.05) is 13.8 Å². The van der Waals surface area contributed by atoms with Crippen LogP contribution in [0.3, 0.4) is 0 Å². The van der Waals surface area contributed by atoms with Crippen LogP contribution in [0.25, 0.3) is 10.9 Å². The van der Waals surface area contributed by atoms with Crippen LogP contribution in [0.5, 0.6) is 0 Å². The first-order chi connectivity index (χ1) is 9.88. The number of nitrogens with two attached hydrogens (primary N) is 1. The molecule has 114 valence electrons. The second-order valence-electron chi connectivity index (χ2n) is 5.54. The van der Waals surface area contributed by atoms with E-state index >= 15 is 0 Å². The van der Waals surface area contributed by atoms with Gasteiger partial charge in [-0.2, -0.15) is 4.31 Å². The zero-order chi connectivity index (χ0) is 15.2. The highest BCUT2D eigenvalue weighted by Gasteiger charge is 2.33. The summed E-state index contributed by atoms with van der Waals surface area (Å²) in [5, 5.41) is 0.663. The number of morpholine rings is 1. The molecule has 1 saturated heterocycles. The molecule has 0 spiro atoms. The molecule has 0 aliphatic carbocycles. The van der Waals surface area contributed by atoms with E-state index in [1.165, 1.54) is 10.5 Å². The van der Waals surface area contributed by atoms with Gasteiger partial charge in [-0.1, -0.05) is 0 Å². The van der Waals surface area contributed by atoms with Gasteiger partial charge in [0, 0.05) is 35.9 Å². The number of nitrogens with zero attached hydrogens (tertiary/aromatic N) is 1. The highest BCUT2D eigenvalue weighted by Crippen LogP contribution is 2.28. The Morgan fingerprint density at radius 3 is 2.62 bits per heavy atom. The van der Waals surface area contributed by atoms with Gasteiger partial charge in [0.25, 0.3) is 0 Å². The molecule has 1 aromatic heterocycles. The molecular weight excluding hydrogens is 290 g/mol. The monoisotopic (exact) mass is 309 g/mol. The van der Waals surface area contributed by atoms with Crippen molar-refractivity contribution < 1.29 is 13.2 Å². The number of rotatable bonds is 2. The minimum Gasteiger partial charge on any atom is -0.399 e. The number of hydrogen-bond acceptors (Lipinski definition) is 4. The largest absolute Gasteiger partial charge is 0.399 e. The molecule has 0 radical (unpaired) electrons. The van der Waals surface area contributed by atoms with Crippen molar-refractivity contribution in [1.29, 1.82) is 0 Å². The Labute approximate surface area is 123 Å². The van der Waals surface area contributed by atoms with Gasteiger partial charge >= 0.3 is 0 Å². The standard InChI is InChI=1S/C14H19N3O3S/c1-9-7-17(8-10(2)20-9)21(18,19)14-6-16-13-5-11(15)3-4-12(13)14/h3-6,9-10,16H,7-8,15H2,1-2H3/t9-,10+. The lowest BCUT2D eigenvalue weighted by Crippen LogP contribution is -2.48. The van der Waals surface area contributed by atoms with E-state index in [2.05, 4.69) is 4.98 Å². The summed E-state index contributed by atoms with van der Waals surface area (Å²) < 4.78 is 32.8. The lowest BCUT2D eigenvalue weighted by Gasteiger charge is -2.34. The molecule has 2 heterocycles. The maximum Gasteiger partial charge on any atom is 0.245 e. The van der Waals surface area contributed by atoms with Gasteiger partial charge in [0.1, 0.15) is 4.90 Å². The predicted octanol–water partition coefficient (Wildman–Crippen LogP) is 1.55. The fourth-order valence-corrected chi connectivity index (χ4v) is 4.55. The van der Waals surface area contributed by atoms with Crippen molar-refractivity contribution in [3.8, 4) is 0 Å². The summed E-state index contributed by atoms with van der Waals surface area (Å²) in [4.78, 5) is 3.27. The van der Waals surface area contributed by atoms with Crippen molar-refractivity contribution >= 4 is 26.6 Å². The van der Waals surface area contributed by atoms with Crippen LogP contribution in [-0.4, -0.2) is 43.0 Å². The van der Waals surface area contributed by atoms with Crippen LogP contribution < -0.4 is 5.73 Å². The van der Waals surface area contributed by atoms with Gasteiger partial charge in [-0.05, 0) is 32.0 Å². The number of nitrogens with one attached hydrogen (secondary N) is 1. The molecule has 7 heteroatoms. The molecule has 1 aliphatic heterocycles. The number of nitrogen functional groups attached to an aromatic ring is 1. The van der Waals surface area contributed by atoms with Crippen molar-refractivity contribution in [1.82, 2.24) is 9.29 Å². The molecule has 1 aliphatic rings. The lowest BCUT2D eigenvalue weighted by atomic mass is 10.2. The number of H-pyrrole nitrogens is 1. The summed E-state index contributed by atoms with van der Waals surface area (Å²) in [6.07, 6.45) is 1.32. The minimum absolute atomic E-state index is 0.107. The van der Waals surface area contributed by atoms with E-state index < -0.39 is 10.0 Å². The summed E-state index contributed by atoms with van der Waals surface area (Å²) >= 11 is 0. The maximum atomic E-state index is 12.9. The molecule has 2 atom stereocenters. The third-order valence-electron chi connectivity index (χ3n) is 3.67. The first-order valence-corrected chi connectivity index (χ1v) is 8.34. The lowest BCUT2D eigenvalue weighted by molar-refractivity contribution is -0.0440. The normalized spacial score (nSPS) is 24.5. The minimum atomic E-state index is -3.54. The topological polar surface area (TPSA) is 88.4 Å². The number of hydrogen-bond donors (Lipinski definition) is 2. The zero-order valence-electron chi connectivity index (χ0n) is 12.0. The van der Waals surface area contributed by atoms with Gasteiger partial charge in [0.15, 0.2) is 0 Å². The number of benzene rings is 1. The van der Waals surface area contributed by atoms with Crippen molar-refractivity contribution in [3.05, 3.63) is 24.4 Å². The van der Waals surface area contributed by atoms with E-state index in [-0.39, 0.29) is 12.2 Å². The smallest absolute Gasteiger partial charge is 0.245 e. The van der Waals surface area contributed by atoms with Crippen molar-refractivity contribution in [2.45, 2.75) is 31.0 Å². The van der Waals surface area contributed by atoms with E-state index in [4.69, 9.17) is 10.5 Å². The van der Waals surface area contributed by atoms with Crippen molar-refractivity contribution in [2.24, 2.45) is 0 Å². The molecule has 1 aromatic carbocycles. The second-order valence-corrected chi connectivity index (χ2v) is 7.44. The van der Waals surface area contributed by atoms with E-state index in [1.54, 1.807) is 18.2 Å².